The quantitative estimate of drug-likeness (QED) is 0.0521. The maximum Gasteiger partial charge on any atom is 0.336 e. The lowest BCUT2D eigenvalue weighted by Gasteiger charge is -2.39. The Hall–Kier alpha value is -11.9. The molecule has 646 valence electrons. The van der Waals surface area contributed by atoms with Crippen LogP contribution in [0.15, 0.2) is 301 Å². The standard InChI is InChI=1S/C35H38N2O3.C26H26ClNO3.C24H23NO3.C20H21BrFNO3/c1-24-31(34(39)40-20-19-37(4)23-25-11-7-5-8-12-25)32(33-29(36-24)21-35(2,3)22-30(33)38)28-17-15-27(16-18-28)26-13-9-6-10-14-26;1-15-22(25(30)31-4)23(24-20(28-15)13-26(2,3)14-21(24)29)18-9-5-7-16(11-18)17-8-6-10-19(27)12-17;1-15-21(24(27)28-2)22(23-19(25-15)9-6-10-20(23)26)18-13-11-17(12-14-18)16-7-4-3-5-8-16;1-10-16(19(25)26-4)17(12-6-5-11(21)7-13(12)22)18-14(23-10)8-20(2,3)9-15(18)24/h5-18,32,36H,19-23H2,1-4H3;5-12,23,28H,13-14H2,1-4H3;3-5,7-8,11-14,22,25H,6,9-10H2,1-2H3;5-7,17,23H,8-9H2,1-4H3. The minimum absolute atomic E-state index is 0.0648. The van der Waals surface area contributed by atoms with Crippen LogP contribution in [0.2, 0.25) is 5.02 Å². The van der Waals surface area contributed by atoms with Crippen LogP contribution in [0.1, 0.15) is 179 Å². The van der Waals surface area contributed by atoms with Crippen LogP contribution in [0.3, 0.4) is 0 Å². The average Bonchev–Trinajstić information content (AvgIpc) is 0.755. The second-order valence-corrected chi connectivity index (χ2v) is 37.0. The zero-order valence-electron chi connectivity index (χ0n) is 73.4. The van der Waals surface area contributed by atoms with Crippen molar-refractivity contribution in [3.8, 4) is 33.4 Å². The summed E-state index contributed by atoms with van der Waals surface area (Å²) in [6.45, 7) is 21.6. The fourth-order valence-corrected chi connectivity index (χ4v) is 19.2. The normalized spacial score (nSPS) is 19.8. The molecule has 20 heteroatoms. The summed E-state index contributed by atoms with van der Waals surface area (Å²) < 4.78 is 36.3. The predicted molar refractivity (Wildman–Crippen MR) is 490 cm³/mol. The highest BCUT2D eigenvalue weighted by molar-refractivity contribution is 9.10. The van der Waals surface area contributed by atoms with Crippen molar-refractivity contribution in [3.05, 3.63) is 340 Å². The molecule has 0 radical (unpaired) electrons. The van der Waals surface area contributed by atoms with Gasteiger partial charge in [0.25, 0.3) is 0 Å². The summed E-state index contributed by atoms with van der Waals surface area (Å²) in [6.07, 6.45) is 5.62. The van der Waals surface area contributed by atoms with Crippen LogP contribution in [0.5, 0.6) is 0 Å². The highest BCUT2D eigenvalue weighted by Gasteiger charge is 2.48. The van der Waals surface area contributed by atoms with Crippen LogP contribution in [0, 0.1) is 22.1 Å². The summed E-state index contributed by atoms with van der Waals surface area (Å²) in [4.78, 5) is 106. The van der Waals surface area contributed by atoms with E-state index in [0.717, 1.165) is 122 Å². The molecule has 4 aliphatic heterocycles. The van der Waals surface area contributed by atoms with E-state index in [1.807, 2.05) is 181 Å². The van der Waals surface area contributed by atoms with Crippen molar-refractivity contribution in [2.24, 2.45) is 16.2 Å². The summed E-state index contributed by atoms with van der Waals surface area (Å²) in [6, 6.07) is 67.2. The van der Waals surface area contributed by atoms with Gasteiger partial charge in [0.15, 0.2) is 23.1 Å². The van der Waals surface area contributed by atoms with Gasteiger partial charge in [-0.3, -0.25) is 24.1 Å². The summed E-state index contributed by atoms with van der Waals surface area (Å²) in [5.41, 5.74) is 21.0. The fourth-order valence-electron chi connectivity index (χ4n) is 18.7. The number of methoxy groups -OCH3 is 3. The van der Waals surface area contributed by atoms with E-state index in [1.54, 1.807) is 19.1 Å². The van der Waals surface area contributed by atoms with Gasteiger partial charge in [0.2, 0.25) is 0 Å². The van der Waals surface area contributed by atoms with E-state index in [1.165, 1.54) is 33.0 Å². The van der Waals surface area contributed by atoms with Gasteiger partial charge in [-0.25, -0.2) is 23.6 Å². The number of carbonyl (C=O) groups is 8. The molecule has 4 atom stereocenters. The molecule has 0 saturated carbocycles. The van der Waals surface area contributed by atoms with Gasteiger partial charge in [0.05, 0.1) is 49.5 Å². The van der Waals surface area contributed by atoms with E-state index < -0.39 is 41.5 Å². The largest absolute Gasteiger partial charge is 0.466 e. The van der Waals surface area contributed by atoms with Gasteiger partial charge in [0, 0.05) is 139 Å². The molecule has 0 spiro atoms. The number of Topliss-reactive ketones (excluding diaryl/α,β-unsaturated/α-hetero) is 4. The Labute approximate surface area is 745 Å². The number of hydrogen-bond acceptors (Lipinski definition) is 17. The number of likely N-dealkylation sites (N-methyl/N-ethyl adjacent to an activating group) is 1. The van der Waals surface area contributed by atoms with Crippen molar-refractivity contribution in [1.82, 2.24) is 26.2 Å². The van der Waals surface area contributed by atoms with E-state index >= 15 is 0 Å². The molecule has 0 fully saturated rings. The van der Waals surface area contributed by atoms with E-state index in [4.69, 9.17) is 30.5 Å². The summed E-state index contributed by atoms with van der Waals surface area (Å²) in [5, 5.41) is 13.9. The number of nitrogens with one attached hydrogen (secondary N) is 4. The number of hydrogen-bond donors (Lipinski definition) is 4. The number of halogens is 3. The summed E-state index contributed by atoms with van der Waals surface area (Å²) in [5.74, 6) is -4.09. The van der Waals surface area contributed by atoms with Crippen molar-refractivity contribution in [1.29, 1.82) is 0 Å². The first-order chi connectivity index (χ1) is 59.7. The summed E-state index contributed by atoms with van der Waals surface area (Å²) in [7, 11) is 6.06. The Bertz CT molecular complexity index is 5850. The van der Waals surface area contributed by atoms with E-state index in [2.05, 4.69) is 118 Å². The lowest BCUT2D eigenvalue weighted by molar-refractivity contribution is -0.140. The average molecular weight is 1770 g/mol. The third kappa shape index (κ3) is 20.6. The number of esters is 4. The first kappa shape index (κ1) is 90.8. The van der Waals surface area contributed by atoms with Crippen molar-refractivity contribution < 1.29 is 61.7 Å². The monoisotopic (exact) mass is 1760 g/mol. The Morgan fingerprint density at radius 3 is 1.23 bits per heavy atom. The van der Waals surface area contributed by atoms with Crippen LogP contribution < -0.4 is 21.3 Å². The third-order valence-corrected chi connectivity index (χ3v) is 25.0. The van der Waals surface area contributed by atoms with Crippen LogP contribution in [0.4, 0.5) is 4.39 Å². The van der Waals surface area contributed by atoms with E-state index in [9.17, 15) is 42.7 Å². The molecular weight excluding hydrogens is 1660 g/mol. The molecule has 8 aromatic carbocycles. The number of rotatable bonds is 16. The second kappa shape index (κ2) is 38.7. The number of allylic oxidation sites excluding steroid dienone is 12. The first-order valence-electron chi connectivity index (χ1n) is 42.4. The van der Waals surface area contributed by atoms with Crippen LogP contribution >= 0.6 is 27.5 Å². The smallest absolute Gasteiger partial charge is 0.336 e. The van der Waals surface area contributed by atoms with Gasteiger partial charge in [-0.15, -0.1) is 0 Å². The SMILES string of the molecule is CC1=C(C(=O)OCCN(C)Cc2ccccc2)C(c2ccc(-c3ccccc3)cc2)C2=C(CC(C)(C)CC2=O)N1.COC(=O)C1=C(C)NC2=C(C(=O)CC(C)(C)C2)C1c1ccc(Br)cc1F.COC(=O)C1=C(C)NC2=C(C(=O)CC(C)(C)C2)C1c1cccc(-c2cccc(Cl)c2)c1.COC(=O)C1=C(C)NC2=C(C(=O)CCC2)C1c1ccc(-c2ccccc2)cc1. The molecule has 8 aliphatic rings. The molecule has 4 N–H and O–H groups in total. The van der Waals surface area contributed by atoms with Gasteiger partial charge in [-0.2, -0.15) is 0 Å². The third-order valence-electron chi connectivity index (χ3n) is 24.3. The van der Waals surface area contributed by atoms with Crippen molar-refractivity contribution in [3.63, 3.8) is 0 Å². The minimum atomic E-state index is -0.768. The molecule has 4 heterocycles. The van der Waals surface area contributed by atoms with E-state index in [-0.39, 0.29) is 63.4 Å². The van der Waals surface area contributed by atoms with Crippen LogP contribution in [-0.2, 0) is 63.8 Å². The van der Waals surface area contributed by atoms with Crippen LogP contribution in [-0.4, -0.2) is 93.4 Å². The second-order valence-electron chi connectivity index (χ2n) is 35.7. The molecular formula is C105H108BrClFN5O12. The topological polar surface area (TPSA) is 225 Å². The number of dihydropyridines is 4. The summed E-state index contributed by atoms with van der Waals surface area (Å²) >= 11 is 9.44. The van der Waals surface area contributed by atoms with Gasteiger partial charge in [-0.1, -0.05) is 251 Å². The highest BCUT2D eigenvalue weighted by Crippen LogP contribution is 2.52. The van der Waals surface area contributed by atoms with Crippen molar-refractivity contribution >= 4 is 74.5 Å². The fraction of sp³-hybridized carbons (Fsp3) is 0.314. The number of nitrogens with zero attached hydrogens (tertiary/aromatic N) is 1. The zero-order chi connectivity index (χ0) is 89.5. The van der Waals surface area contributed by atoms with Gasteiger partial charge in [-0.05, 0) is 163 Å². The number of ketones is 4. The molecule has 0 amide bonds. The Morgan fingerprint density at radius 1 is 0.416 bits per heavy atom. The Morgan fingerprint density at radius 2 is 0.792 bits per heavy atom. The molecule has 0 bridgehead atoms. The van der Waals surface area contributed by atoms with Gasteiger partial charge in [0.1, 0.15) is 12.4 Å². The maximum absolute atomic E-state index is 14.8. The minimum Gasteiger partial charge on any atom is -0.466 e. The molecule has 4 unspecified atom stereocenters. The molecule has 0 aromatic heterocycles. The highest BCUT2D eigenvalue weighted by atomic mass is 79.9. The lowest BCUT2D eigenvalue weighted by Crippen LogP contribution is -2.39. The van der Waals surface area contributed by atoms with Crippen molar-refractivity contribution in [2.45, 2.75) is 157 Å². The first-order valence-corrected chi connectivity index (χ1v) is 43.6. The van der Waals surface area contributed by atoms with E-state index in [0.29, 0.717) is 98.4 Å². The zero-order valence-corrected chi connectivity index (χ0v) is 75.7. The molecule has 0 saturated heterocycles. The molecule has 4 aliphatic carbocycles. The molecule has 17 nitrogen and oxygen atoms in total. The number of ether oxygens (including phenoxy) is 4. The Balaban J connectivity index is 0.000000145. The maximum atomic E-state index is 14.8. The van der Waals surface area contributed by atoms with Gasteiger partial charge >= 0.3 is 23.9 Å². The predicted octanol–water partition coefficient (Wildman–Crippen LogP) is 21.3. The number of carbonyl (C=O) groups excluding carboxylic acids is 8. The molecule has 8 aromatic rings. The lowest BCUT2D eigenvalue weighted by atomic mass is 9.68. The van der Waals surface area contributed by atoms with Crippen molar-refractivity contribution in [2.75, 3.05) is 41.5 Å². The number of benzene rings is 8. The van der Waals surface area contributed by atoms with Gasteiger partial charge < -0.3 is 40.2 Å². The molecule has 16 rings (SSSR count). The van der Waals surface area contributed by atoms with Crippen LogP contribution in [0.25, 0.3) is 33.4 Å². The molecule has 125 heavy (non-hydrogen) atoms. The Kier molecular flexibility index (Phi) is 28.1.